The second-order valence-electron chi connectivity index (χ2n) is 7.16. The van der Waals surface area contributed by atoms with Crippen molar-refractivity contribution in [3.63, 3.8) is 0 Å². The SMILES string of the molecule is COc1ccc(Cc2nnc(-c3cnn4c(C(F)(F)F)cc(C5CC5)nc34)o2)cc1. The van der Waals surface area contributed by atoms with Gasteiger partial charge < -0.3 is 9.15 Å². The lowest BCUT2D eigenvalue weighted by Crippen LogP contribution is -2.14. The maximum absolute atomic E-state index is 13.5. The van der Waals surface area contributed by atoms with Gasteiger partial charge in [-0.25, -0.2) is 9.50 Å². The van der Waals surface area contributed by atoms with E-state index in [4.69, 9.17) is 9.15 Å². The van der Waals surface area contributed by atoms with E-state index in [-0.39, 0.29) is 23.0 Å². The molecular weight excluding hydrogens is 399 g/mol. The Balaban J connectivity index is 1.51. The minimum absolute atomic E-state index is 0.0483. The van der Waals surface area contributed by atoms with E-state index in [1.807, 2.05) is 24.3 Å². The number of ether oxygens (including phenoxy) is 1. The summed E-state index contributed by atoms with van der Waals surface area (Å²) in [7, 11) is 1.59. The molecule has 0 N–H and O–H groups in total. The van der Waals surface area contributed by atoms with Crippen LogP contribution in [0.15, 0.2) is 40.9 Å². The van der Waals surface area contributed by atoms with E-state index in [0.29, 0.717) is 18.0 Å². The van der Waals surface area contributed by atoms with E-state index in [1.54, 1.807) is 7.11 Å². The zero-order chi connectivity index (χ0) is 20.9. The molecular formula is C20H16F3N5O2. The molecule has 5 rings (SSSR count). The molecule has 1 saturated carbocycles. The molecule has 154 valence electrons. The number of fused-ring (bicyclic) bond motifs is 1. The van der Waals surface area contributed by atoms with Crippen LogP contribution in [-0.4, -0.2) is 31.9 Å². The lowest BCUT2D eigenvalue weighted by Gasteiger charge is -2.10. The first-order chi connectivity index (χ1) is 14.4. The van der Waals surface area contributed by atoms with Gasteiger partial charge in [0.25, 0.3) is 5.89 Å². The van der Waals surface area contributed by atoms with Crippen LogP contribution in [0.5, 0.6) is 5.75 Å². The quantitative estimate of drug-likeness (QED) is 0.484. The van der Waals surface area contributed by atoms with Crippen molar-refractivity contribution < 1.29 is 22.3 Å². The van der Waals surface area contributed by atoms with Crippen LogP contribution in [0.1, 0.15) is 41.6 Å². The molecule has 30 heavy (non-hydrogen) atoms. The standard InChI is InChI=1S/C20H16F3N5O2/c1-29-13-6-2-11(3-7-13)8-17-26-27-19(30-17)14-10-24-28-16(20(21,22)23)9-15(12-4-5-12)25-18(14)28/h2-3,6-7,9-10,12H,4-5,8H2,1H3. The van der Waals surface area contributed by atoms with Crippen LogP contribution in [0, 0.1) is 0 Å². The highest BCUT2D eigenvalue weighted by molar-refractivity contribution is 5.71. The molecule has 1 fully saturated rings. The fourth-order valence-electron chi connectivity index (χ4n) is 3.27. The van der Waals surface area contributed by atoms with Crippen molar-refractivity contribution in [1.82, 2.24) is 24.8 Å². The number of alkyl halides is 3. The second-order valence-corrected chi connectivity index (χ2v) is 7.16. The topological polar surface area (TPSA) is 78.3 Å². The van der Waals surface area contributed by atoms with Crippen LogP contribution in [0.25, 0.3) is 17.1 Å². The van der Waals surface area contributed by atoms with Crippen molar-refractivity contribution in [2.75, 3.05) is 7.11 Å². The Kier molecular flexibility index (Phi) is 4.23. The number of nitrogens with zero attached hydrogens (tertiary/aromatic N) is 5. The summed E-state index contributed by atoms with van der Waals surface area (Å²) in [6, 6.07) is 8.46. The minimum Gasteiger partial charge on any atom is -0.497 e. The van der Waals surface area contributed by atoms with Gasteiger partial charge in [0.15, 0.2) is 5.65 Å². The van der Waals surface area contributed by atoms with Crippen molar-refractivity contribution >= 4 is 5.65 Å². The lowest BCUT2D eigenvalue weighted by molar-refractivity contribution is -0.142. The molecule has 0 bridgehead atoms. The number of aromatic nitrogens is 5. The first-order valence-corrected chi connectivity index (χ1v) is 9.34. The first-order valence-electron chi connectivity index (χ1n) is 9.34. The Morgan fingerprint density at radius 1 is 1.17 bits per heavy atom. The first kappa shape index (κ1) is 18.6. The molecule has 7 nitrogen and oxygen atoms in total. The van der Waals surface area contributed by atoms with Gasteiger partial charge in [-0.15, -0.1) is 10.2 Å². The summed E-state index contributed by atoms with van der Waals surface area (Å²) in [4.78, 5) is 4.42. The summed E-state index contributed by atoms with van der Waals surface area (Å²) in [5.74, 6) is 1.20. The Morgan fingerprint density at radius 3 is 2.60 bits per heavy atom. The maximum atomic E-state index is 13.5. The Labute approximate surface area is 168 Å². The third-order valence-corrected chi connectivity index (χ3v) is 4.99. The average molecular weight is 415 g/mol. The number of rotatable bonds is 5. The van der Waals surface area contributed by atoms with Crippen LogP contribution in [-0.2, 0) is 12.6 Å². The van der Waals surface area contributed by atoms with Crippen molar-refractivity contribution in [2.24, 2.45) is 0 Å². The van der Waals surface area contributed by atoms with E-state index >= 15 is 0 Å². The van der Waals surface area contributed by atoms with Crippen molar-refractivity contribution in [3.05, 3.63) is 59.4 Å². The van der Waals surface area contributed by atoms with E-state index in [1.165, 1.54) is 6.20 Å². The molecule has 0 unspecified atom stereocenters. The molecule has 1 aromatic carbocycles. The van der Waals surface area contributed by atoms with E-state index < -0.39 is 11.9 Å². The van der Waals surface area contributed by atoms with Gasteiger partial charge >= 0.3 is 6.18 Å². The molecule has 4 aromatic rings. The van der Waals surface area contributed by atoms with Gasteiger partial charge in [-0.2, -0.15) is 18.3 Å². The highest BCUT2D eigenvalue weighted by Crippen LogP contribution is 2.42. The Morgan fingerprint density at radius 2 is 1.93 bits per heavy atom. The summed E-state index contributed by atoms with van der Waals surface area (Å²) < 4.78 is 52.3. The van der Waals surface area contributed by atoms with Gasteiger partial charge in [0, 0.05) is 11.6 Å². The predicted octanol–water partition coefficient (Wildman–Crippen LogP) is 4.27. The molecule has 3 heterocycles. The zero-order valence-corrected chi connectivity index (χ0v) is 15.8. The second kappa shape index (κ2) is 6.82. The average Bonchev–Trinajstić information content (AvgIpc) is 3.34. The molecule has 1 aliphatic rings. The molecule has 0 amide bonds. The van der Waals surface area contributed by atoms with Crippen LogP contribution in [0.3, 0.4) is 0 Å². The van der Waals surface area contributed by atoms with Crippen LogP contribution < -0.4 is 4.74 Å². The molecule has 3 aromatic heterocycles. The third kappa shape index (κ3) is 3.38. The van der Waals surface area contributed by atoms with Crippen LogP contribution in [0.4, 0.5) is 13.2 Å². The predicted molar refractivity (Wildman–Crippen MR) is 99.1 cm³/mol. The van der Waals surface area contributed by atoms with E-state index in [2.05, 4.69) is 20.3 Å². The Hall–Kier alpha value is -3.43. The summed E-state index contributed by atoms with van der Waals surface area (Å²) >= 11 is 0. The van der Waals surface area contributed by atoms with E-state index in [9.17, 15) is 13.2 Å². The molecule has 0 aliphatic heterocycles. The van der Waals surface area contributed by atoms with Gasteiger partial charge in [-0.05, 0) is 36.6 Å². The highest BCUT2D eigenvalue weighted by Gasteiger charge is 2.37. The van der Waals surface area contributed by atoms with E-state index in [0.717, 1.165) is 34.7 Å². The maximum Gasteiger partial charge on any atom is 0.433 e. The number of hydrogen-bond acceptors (Lipinski definition) is 6. The van der Waals surface area contributed by atoms with Gasteiger partial charge in [-0.3, -0.25) is 0 Å². The van der Waals surface area contributed by atoms with Gasteiger partial charge in [0.05, 0.1) is 19.7 Å². The van der Waals surface area contributed by atoms with Gasteiger partial charge in [0.1, 0.15) is 17.0 Å². The number of methoxy groups -OCH3 is 1. The lowest BCUT2D eigenvalue weighted by atomic mass is 10.1. The smallest absolute Gasteiger partial charge is 0.433 e. The number of benzene rings is 1. The molecule has 0 radical (unpaired) electrons. The molecule has 0 spiro atoms. The molecule has 0 atom stereocenters. The summed E-state index contributed by atoms with van der Waals surface area (Å²) in [6.45, 7) is 0. The molecule has 1 aliphatic carbocycles. The zero-order valence-electron chi connectivity index (χ0n) is 15.8. The largest absolute Gasteiger partial charge is 0.497 e. The third-order valence-electron chi connectivity index (χ3n) is 4.99. The van der Waals surface area contributed by atoms with Crippen molar-refractivity contribution in [1.29, 1.82) is 0 Å². The Bertz CT molecular complexity index is 1210. The van der Waals surface area contributed by atoms with Gasteiger partial charge in [-0.1, -0.05) is 12.1 Å². The fraction of sp³-hybridized carbons (Fsp3) is 0.300. The van der Waals surface area contributed by atoms with Crippen LogP contribution >= 0.6 is 0 Å². The van der Waals surface area contributed by atoms with Crippen molar-refractivity contribution in [2.45, 2.75) is 31.4 Å². The van der Waals surface area contributed by atoms with Gasteiger partial charge in [0.2, 0.25) is 5.89 Å². The fourth-order valence-corrected chi connectivity index (χ4v) is 3.27. The highest BCUT2D eigenvalue weighted by atomic mass is 19.4. The summed E-state index contributed by atoms with van der Waals surface area (Å²) in [6.07, 6.45) is -1.24. The molecule has 10 heteroatoms. The number of halogens is 3. The van der Waals surface area contributed by atoms with Crippen molar-refractivity contribution in [3.8, 4) is 17.2 Å². The number of hydrogen-bond donors (Lipinski definition) is 0. The summed E-state index contributed by atoms with van der Waals surface area (Å²) in [5, 5.41) is 11.9. The minimum atomic E-state index is -4.55. The normalized spacial score (nSPS) is 14.4. The monoisotopic (exact) mass is 415 g/mol. The van der Waals surface area contributed by atoms with Crippen LogP contribution in [0.2, 0.25) is 0 Å². The molecule has 0 saturated heterocycles. The summed E-state index contributed by atoms with van der Waals surface area (Å²) in [5.41, 5.74) is 0.815.